The van der Waals surface area contributed by atoms with E-state index in [1.165, 1.54) is 0 Å². The van der Waals surface area contributed by atoms with Crippen LogP contribution in [0.4, 0.5) is 5.82 Å². The van der Waals surface area contributed by atoms with Gasteiger partial charge in [0, 0.05) is 18.5 Å². The van der Waals surface area contributed by atoms with E-state index < -0.39 is 5.92 Å². The molecule has 3 aromatic rings. The van der Waals surface area contributed by atoms with Crippen molar-refractivity contribution in [1.29, 1.82) is 0 Å². The predicted molar refractivity (Wildman–Crippen MR) is 114 cm³/mol. The molecule has 7 nitrogen and oxygen atoms in total. The highest BCUT2D eigenvalue weighted by Crippen LogP contribution is 2.29. The molecule has 0 radical (unpaired) electrons. The Hall–Kier alpha value is -2.77. The zero-order valence-corrected chi connectivity index (χ0v) is 18.0. The molecule has 0 aliphatic carbocycles. The molecule has 9 heteroatoms. The second-order valence-corrected chi connectivity index (χ2v) is 8.13. The highest BCUT2D eigenvalue weighted by Gasteiger charge is 2.35. The van der Waals surface area contributed by atoms with Crippen molar-refractivity contribution in [3.05, 3.63) is 63.7 Å². The first-order chi connectivity index (χ1) is 14.3. The molecule has 3 heterocycles. The Labute approximate surface area is 183 Å². The number of anilines is 1. The van der Waals surface area contributed by atoms with Crippen LogP contribution >= 0.6 is 23.2 Å². The lowest BCUT2D eigenvalue weighted by molar-refractivity contribution is -0.128. The summed E-state index contributed by atoms with van der Waals surface area (Å²) < 4.78 is 6.94. The Morgan fingerprint density at radius 2 is 2.07 bits per heavy atom. The zero-order valence-electron chi connectivity index (χ0n) is 16.5. The minimum absolute atomic E-state index is 0.0718. The summed E-state index contributed by atoms with van der Waals surface area (Å²) in [6, 6.07) is 8.73. The number of rotatable bonds is 5. The van der Waals surface area contributed by atoms with Crippen molar-refractivity contribution in [1.82, 2.24) is 14.7 Å². The Morgan fingerprint density at radius 1 is 1.27 bits per heavy atom. The van der Waals surface area contributed by atoms with Crippen molar-refractivity contribution in [2.75, 3.05) is 11.9 Å². The molecule has 2 amide bonds. The molecule has 0 bridgehead atoms. The summed E-state index contributed by atoms with van der Waals surface area (Å²) >= 11 is 12.2. The molecule has 1 saturated heterocycles. The fourth-order valence-electron chi connectivity index (χ4n) is 3.47. The van der Waals surface area contributed by atoms with Crippen LogP contribution in [0.1, 0.15) is 23.4 Å². The molecule has 0 spiro atoms. The van der Waals surface area contributed by atoms with Crippen LogP contribution in [-0.4, -0.2) is 33.0 Å². The Morgan fingerprint density at radius 3 is 2.77 bits per heavy atom. The molecule has 1 fully saturated rings. The average Bonchev–Trinajstić information content (AvgIpc) is 3.42. The lowest BCUT2D eigenvalue weighted by atomic mass is 10.1. The minimum atomic E-state index is -0.454. The molecule has 1 aromatic carbocycles. The first-order valence-corrected chi connectivity index (χ1v) is 10.2. The molecular weight excluding hydrogens is 427 g/mol. The van der Waals surface area contributed by atoms with Crippen molar-refractivity contribution in [2.24, 2.45) is 5.92 Å². The number of carbonyl (C=O) groups is 2. The second kappa shape index (κ2) is 8.16. The highest BCUT2D eigenvalue weighted by molar-refractivity contribution is 6.42. The fourth-order valence-corrected chi connectivity index (χ4v) is 3.76. The van der Waals surface area contributed by atoms with Gasteiger partial charge in [-0.15, -0.1) is 0 Å². The van der Waals surface area contributed by atoms with E-state index in [1.54, 1.807) is 40.1 Å². The molecule has 2 aromatic heterocycles. The molecule has 30 heavy (non-hydrogen) atoms. The number of halogens is 2. The van der Waals surface area contributed by atoms with Gasteiger partial charge < -0.3 is 14.6 Å². The number of hydrogen-bond donors (Lipinski definition) is 1. The SMILES string of the molecule is Cc1nn(-c2ccc(Cl)c(Cl)c2)c(NC(=O)[C@@H]2CC(=O)N(Cc3ccco3)C2)c1C. The largest absolute Gasteiger partial charge is 0.467 e. The molecule has 0 saturated carbocycles. The molecule has 0 unspecified atom stereocenters. The van der Waals surface area contributed by atoms with Crippen molar-refractivity contribution in [3.63, 3.8) is 0 Å². The summed E-state index contributed by atoms with van der Waals surface area (Å²) in [5, 5.41) is 8.31. The van der Waals surface area contributed by atoms with Crippen molar-refractivity contribution in [3.8, 4) is 5.69 Å². The lowest BCUT2D eigenvalue weighted by Crippen LogP contribution is -2.28. The van der Waals surface area contributed by atoms with Gasteiger partial charge in [0.05, 0.1) is 40.2 Å². The first kappa shape index (κ1) is 20.5. The monoisotopic (exact) mass is 446 g/mol. The maximum absolute atomic E-state index is 13.0. The van der Waals surface area contributed by atoms with Crippen molar-refractivity contribution in [2.45, 2.75) is 26.8 Å². The Bertz CT molecular complexity index is 1110. The van der Waals surface area contributed by atoms with E-state index in [-0.39, 0.29) is 18.2 Å². The molecule has 4 rings (SSSR count). The smallest absolute Gasteiger partial charge is 0.230 e. The number of nitrogens with one attached hydrogen (secondary N) is 1. The van der Waals surface area contributed by atoms with E-state index in [0.29, 0.717) is 40.4 Å². The third-order valence-electron chi connectivity index (χ3n) is 5.26. The van der Waals surface area contributed by atoms with Gasteiger partial charge in [0.25, 0.3) is 0 Å². The summed E-state index contributed by atoms with van der Waals surface area (Å²) in [5.74, 6) is 0.484. The van der Waals surface area contributed by atoms with Gasteiger partial charge in [-0.3, -0.25) is 9.59 Å². The number of benzene rings is 1. The van der Waals surface area contributed by atoms with E-state index >= 15 is 0 Å². The van der Waals surface area contributed by atoms with Crippen LogP contribution in [0.15, 0.2) is 41.0 Å². The predicted octanol–water partition coefficient (Wildman–Crippen LogP) is 4.38. The van der Waals surface area contributed by atoms with Crippen LogP contribution < -0.4 is 5.32 Å². The van der Waals surface area contributed by atoms with Gasteiger partial charge in [0.1, 0.15) is 11.6 Å². The maximum atomic E-state index is 13.0. The van der Waals surface area contributed by atoms with E-state index in [0.717, 1.165) is 11.3 Å². The number of hydrogen-bond acceptors (Lipinski definition) is 4. The summed E-state index contributed by atoms with van der Waals surface area (Å²) in [6.45, 7) is 4.44. The number of furan rings is 1. The van der Waals surface area contributed by atoms with Gasteiger partial charge in [0.2, 0.25) is 11.8 Å². The number of carbonyl (C=O) groups excluding carboxylic acids is 2. The number of nitrogens with zero attached hydrogens (tertiary/aromatic N) is 3. The quantitative estimate of drug-likeness (QED) is 0.630. The van der Waals surface area contributed by atoms with Gasteiger partial charge in [-0.05, 0) is 44.2 Å². The van der Waals surface area contributed by atoms with Crippen LogP contribution in [0.2, 0.25) is 10.0 Å². The normalized spacial score (nSPS) is 16.3. The van der Waals surface area contributed by atoms with E-state index in [9.17, 15) is 9.59 Å². The number of aromatic nitrogens is 2. The second-order valence-electron chi connectivity index (χ2n) is 7.31. The molecule has 1 aliphatic heterocycles. The highest BCUT2D eigenvalue weighted by atomic mass is 35.5. The molecule has 1 atom stereocenters. The number of likely N-dealkylation sites (tertiary alicyclic amines) is 1. The van der Waals surface area contributed by atoms with Gasteiger partial charge in [0.15, 0.2) is 0 Å². The van der Waals surface area contributed by atoms with Gasteiger partial charge >= 0.3 is 0 Å². The van der Waals surface area contributed by atoms with Crippen LogP contribution in [0.3, 0.4) is 0 Å². The van der Waals surface area contributed by atoms with Crippen molar-refractivity contribution < 1.29 is 14.0 Å². The third kappa shape index (κ3) is 3.95. The minimum Gasteiger partial charge on any atom is -0.467 e. The molecular formula is C21H20Cl2N4O3. The summed E-state index contributed by atoms with van der Waals surface area (Å²) in [6.07, 6.45) is 1.72. The molecule has 1 aliphatic rings. The van der Waals surface area contributed by atoms with Crippen LogP contribution in [0.25, 0.3) is 5.69 Å². The standard InChI is InChI=1S/C21H20Cl2N4O3/c1-12-13(2)25-27(15-5-6-17(22)18(23)9-15)20(12)24-21(29)14-8-19(28)26(10-14)11-16-4-3-7-30-16/h3-7,9,14H,8,10-11H2,1-2H3,(H,24,29)/t14-/m1/s1. The van der Waals surface area contributed by atoms with E-state index in [4.69, 9.17) is 27.6 Å². The topological polar surface area (TPSA) is 80.4 Å². The fraction of sp³-hybridized carbons (Fsp3) is 0.286. The molecule has 1 N–H and O–H groups in total. The lowest BCUT2D eigenvalue weighted by Gasteiger charge is -2.16. The van der Waals surface area contributed by atoms with Crippen LogP contribution in [-0.2, 0) is 16.1 Å². The van der Waals surface area contributed by atoms with Gasteiger partial charge in [-0.25, -0.2) is 4.68 Å². The number of amides is 2. The summed E-state index contributed by atoms with van der Waals surface area (Å²) in [7, 11) is 0. The number of aryl methyl sites for hydroxylation is 1. The summed E-state index contributed by atoms with van der Waals surface area (Å²) in [4.78, 5) is 27.0. The van der Waals surface area contributed by atoms with Crippen molar-refractivity contribution >= 4 is 40.8 Å². The average molecular weight is 447 g/mol. The van der Waals surface area contributed by atoms with Crippen LogP contribution in [0, 0.1) is 19.8 Å². The first-order valence-electron chi connectivity index (χ1n) is 9.46. The Kier molecular flexibility index (Phi) is 5.58. The van der Waals surface area contributed by atoms with E-state index in [2.05, 4.69) is 10.4 Å². The van der Waals surface area contributed by atoms with Gasteiger partial charge in [-0.1, -0.05) is 23.2 Å². The van der Waals surface area contributed by atoms with E-state index in [1.807, 2.05) is 19.9 Å². The van der Waals surface area contributed by atoms with Crippen LogP contribution in [0.5, 0.6) is 0 Å². The maximum Gasteiger partial charge on any atom is 0.230 e. The Balaban J connectivity index is 1.53. The van der Waals surface area contributed by atoms with Gasteiger partial charge in [-0.2, -0.15) is 5.10 Å². The molecule has 156 valence electrons. The zero-order chi connectivity index (χ0) is 21.4. The third-order valence-corrected chi connectivity index (χ3v) is 6.00. The summed E-state index contributed by atoms with van der Waals surface area (Å²) in [5.41, 5.74) is 2.29.